The average Bonchev–Trinajstić information content (AvgIpc) is 3.10. The van der Waals surface area contributed by atoms with E-state index in [0.717, 1.165) is 18.4 Å². The third-order valence-corrected chi connectivity index (χ3v) is 3.76. The summed E-state index contributed by atoms with van der Waals surface area (Å²) in [6.07, 6.45) is 1.61. The van der Waals surface area contributed by atoms with E-state index in [-0.39, 0.29) is 5.41 Å². The van der Waals surface area contributed by atoms with Crippen LogP contribution >= 0.6 is 11.6 Å². The molecule has 1 fully saturated rings. The zero-order chi connectivity index (χ0) is 15.0. The van der Waals surface area contributed by atoms with Gasteiger partial charge in [-0.3, -0.25) is 5.32 Å². The zero-order valence-corrected chi connectivity index (χ0v) is 12.9. The summed E-state index contributed by atoms with van der Waals surface area (Å²) >= 11 is 6.24. The molecule has 5 heteroatoms. The van der Waals surface area contributed by atoms with Gasteiger partial charge >= 0.3 is 6.09 Å². The molecule has 0 unspecified atom stereocenters. The molecule has 0 aromatic heterocycles. The van der Waals surface area contributed by atoms with E-state index >= 15 is 0 Å². The third-order valence-electron chi connectivity index (χ3n) is 3.43. The number of halogens is 1. The maximum atomic E-state index is 11.8. The van der Waals surface area contributed by atoms with Crippen LogP contribution < -0.4 is 11.1 Å². The van der Waals surface area contributed by atoms with Gasteiger partial charge in [0.25, 0.3) is 0 Å². The van der Waals surface area contributed by atoms with Gasteiger partial charge in [-0.25, -0.2) is 4.79 Å². The molecule has 0 radical (unpaired) electrons. The summed E-state index contributed by atoms with van der Waals surface area (Å²) in [7, 11) is 0. The number of anilines is 1. The number of amides is 1. The molecule has 0 spiro atoms. The highest BCUT2D eigenvalue weighted by Crippen LogP contribution is 2.50. The van der Waals surface area contributed by atoms with E-state index in [9.17, 15) is 4.79 Å². The number of ether oxygens (including phenoxy) is 1. The van der Waals surface area contributed by atoms with Crippen LogP contribution in [-0.4, -0.2) is 18.2 Å². The van der Waals surface area contributed by atoms with E-state index in [1.807, 2.05) is 26.8 Å². The van der Waals surface area contributed by atoms with Crippen LogP contribution in [0.25, 0.3) is 0 Å². The van der Waals surface area contributed by atoms with Gasteiger partial charge in [-0.1, -0.05) is 11.6 Å². The minimum atomic E-state index is -0.520. The maximum Gasteiger partial charge on any atom is 0.412 e. The predicted octanol–water partition coefficient (Wildman–Crippen LogP) is 3.68. The second-order valence-electron chi connectivity index (χ2n) is 6.31. The number of hydrogen-bond donors (Lipinski definition) is 2. The van der Waals surface area contributed by atoms with Crippen LogP contribution in [0.4, 0.5) is 10.5 Å². The van der Waals surface area contributed by atoms with Crippen LogP contribution in [0.3, 0.4) is 0 Å². The summed E-state index contributed by atoms with van der Waals surface area (Å²) in [6.45, 7) is 6.05. The number of hydrogen-bond acceptors (Lipinski definition) is 3. The van der Waals surface area contributed by atoms with Gasteiger partial charge in [0.05, 0.1) is 0 Å². The molecule has 20 heavy (non-hydrogen) atoms. The average molecular weight is 297 g/mol. The molecule has 110 valence electrons. The monoisotopic (exact) mass is 296 g/mol. The minimum absolute atomic E-state index is 0.0112. The number of benzene rings is 1. The largest absolute Gasteiger partial charge is 0.444 e. The fourth-order valence-electron chi connectivity index (χ4n) is 2.17. The van der Waals surface area contributed by atoms with Gasteiger partial charge in [-0.15, -0.1) is 0 Å². The van der Waals surface area contributed by atoms with Crippen molar-refractivity contribution in [3.8, 4) is 0 Å². The van der Waals surface area contributed by atoms with E-state index in [4.69, 9.17) is 22.1 Å². The van der Waals surface area contributed by atoms with Gasteiger partial charge < -0.3 is 10.5 Å². The van der Waals surface area contributed by atoms with Gasteiger partial charge in [-0.2, -0.15) is 0 Å². The van der Waals surface area contributed by atoms with Crippen LogP contribution in [-0.2, 0) is 10.2 Å². The Morgan fingerprint density at radius 1 is 1.45 bits per heavy atom. The van der Waals surface area contributed by atoms with Crippen molar-refractivity contribution in [1.82, 2.24) is 0 Å². The first-order chi connectivity index (χ1) is 9.26. The minimum Gasteiger partial charge on any atom is -0.444 e. The quantitative estimate of drug-likeness (QED) is 0.894. The van der Waals surface area contributed by atoms with Gasteiger partial charge in [0.2, 0.25) is 0 Å². The highest BCUT2D eigenvalue weighted by atomic mass is 35.5. The second-order valence-corrected chi connectivity index (χ2v) is 6.71. The Hall–Kier alpha value is -1.26. The Kier molecular flexibility index (Phi) is 3.98. The fourth-order valence-corrected chi connectivity index (χ4v) is 2.48. The Morgan fingerprint density at radius 3 is 2.60 bits per heavy atom. The fraction of sp³-hybridized carbons (Fsp3) is 0.533. The van der Waals surface area contributed by atoms with Crippen molar-refractivity contribution in [3.63, 3.8) is 0 Å². The van der Waals surface area contributed by atoms with Crippen LogP contribution in [0.15, 0.2) is 18.2 Å². The van der Waals surface area contributed by atoms with Crippen molar-refractivity contribution in [3.05, 3.63) is 28.8 Å². The molecule has 1 aromatic rings. The molecule has 4 nitrogen and oxygen atoms in total. The molecule has 0 bridgehead atoms. The first-order valence-electron chi connectivity index (χ1n) is 6.76. The van der Waals surface area contributed by atoms with Crippen molar-refractivity contribution in [2.24, 2.45) is 5.73 Å². The highest BCUT2D eigenvalue weighted by molar-refractivity contribution is 6.31. The molecule has 1 amide bonds. The van der Waals surface area contributed by atoms with E-state index in [2.05, 4.69) is 5.32 Å². The molecule has 1 aliphatic rings. The number of nitrogens with one attached hydrogen (secondary N) is 1. The lowest BCUT2D eigenvalue weighted by Crippen LogP contribution is -2.27. The summed E-state index contributed by atoms with van der Waals surface area (Å²) in [5, 5.41) is 3.43. The summed E-state index contributed by atoms with van der Waals surface area (Å²) in [5.41, 5.74) is 6.99. The Balaban J connectivity index is 2.14. The van der Waals surface area contributed by atoms with Gasteiger partial charge in [-0.05, 0) is 57.4 Å². The Morgan fingerprint density at radius 2 is 2.10 bits per heavy atom. The first-order valence-corrected chi connectivity index (χ1v) is 7.14. The maximum absolute atomic E-state index is 11.8. The molecular weight excluding hydrogens is 276 g/mol. The van der Waals surface area contributed by atoms with Gasteiger partial charge in [0, 0.05) is 22.7 Å². The zero-order valence-electron chi connectivity index (χ0n) is 12.1. The lowest BCUT2D eigenvalue weighted by molar-refractivity contribution is 0.0636. The summed E-state index contributed by atoms with van der Waals surface area (Å²) < 4.78 is 5.23. The molecular formula is C15H21ClN2O2. The van der Waals surface area contributed by atoms with E-state index in [1.54, 1.807) is 12.1 Å². The molecule has 0 aliphatic heterocycles. The standard InChI is InChI=1S/C15H21ClN2O2/c1-14(2,3)20-13(19)18-10-4-5-12(16)11(8-10)15(9-17)6-7-15/h4-5,8H,6-7,9,17H2,1-3H3,(H,18,19). The van der Waals surface area contributed by atoms with Crippen LogP contribution in [0.5, 0.6) is 0 Å². The van der Waals surface area contributed by atoms with Crippen LogP contribution in [0.2, 0.25) is 5.02 Å². The molecule has 3 N–H and O–H groups in total. The lowest BCUT2D eigenvalue weighted by Gasteiger charge is -2.20. The summed E-state index contributed by atoms with van der Waals surface area (Å²) in [6, 6.07) is 5.45. The third kappa shape index (κ3) is 3.44. The van der Waals surface area contributed by atoms with E-state index < -0.39 is 11.7 Å². The number of nitrogens with two attached hydrogens (primary N) is 1. The highest BCUT2D eigenvalue weighted by Gasteiger charge is 2.44. The van der Waals surface area contributed by atoms with Crippen molar-refractivity contribution in [2.45, 2.75) is 44.6 Å². The number of carbonyl (C=O) groups is 1. The van der Waals surface area contributed by atoms with Crippen molar-refractivity contribution < 1.29 is 9.53 Å². The predicted molar refractivity (Wildman–Crippen MR) is 81.3 cm³/mol. The number of rotatable bonds is 3. The first kappa shape index (κ1) is 15.1. The summed E-state index contributed by atoms with van der Waals surface area (Å²) in [4.78, 5) is 11.8. The molecule has 1 aliphatic carbocycles. The lowest BCUT2D eigenvalue weighted by atomic mass is 9.95. The van der Waals surface area contributed by atoms with Gasteiger partial charge in [0.15, 0.2) is 0 Å². The molecule has 0 saturated heterocycles. The normalized spacial score (nSPS) is 16.6. The van der Waals surface area contributed by atoms with Crippen molar-refractivity contribution in [1.29, 1.82) is 0 Å². The van der Waals surface area contributed by atoms with E-state index in [1.165, 1.54) is 0 Å². The summed E-state index contributed by atoms with van der Waals surface area (Å²) in [5.74, 6) is 0. The van der Waals surface area contributed by atoms with Crippen LogP contribution in [0.1, 0.15) is 39.2 Å². The topological polar surface area (TPSA) is 64.3 Å². The molecule has 1 saturated carbocycles. The SMILES string of the molecule is CC(C)(C)OC(=O)Nc1ccc(Cl)c(C2(CN)CC2)c1. The molecule has 2 rings (SSSR count). The Labute approximate surface area is 124 Å². The molecule has 0 atom stereocenters. The molecule has 1 aromatic carbocycles. The van der Waals surface area contributed by atoms with Gasteiger partial charge in [0.1, 0.15) is 5.60 Å². The second kappa shape index (κ2) is 5.26. The molecule has 0 heterocycles. The van der Waals surface area contributed by atoms with Crippen LogP contribution in [0, 0.1) is 0 Å². The van der Waals surface area contributed by atoms with E-state index in [0.29, 0.717) is 17.3 Å². The van der Waals surface area contributed by atoms with Crippen molar-refractivity contribution >= 4 is 23.4 Å². The smallest absolute Gasteiger partial charge is 0.412 e. The van der Waals surface area contributed by atoms with Crippen molar-refractivity contribution in [2.75, 3.05) is 11.9 Å². The number of carbonyl (C=O) groups excluding carboxylic acids is 1. The Bertz CT molecular complexity index is 519.